The van der Waals surface area contributed by atoms with E-state index in [9.17, 15) is 14.4 Å². The van der Waals surface area contributed by atoms with Gasteiger partial charge < -0.3 is 15.2 Å². The molecule has 0 atom stereocenters. The Morgan fingerprint density at radius 2 is 1.83 bits per heavy atom. The number of piperidine rings is 1. The largest absolute Gasteiger partial charge is 0.497 e. The molecule has 0 radical (unpaired) electrons. The maximum atomic E-state index is 11.9. The SMILES string of the molecule is COc1ccc(NC(=O)NC(=O)CN2CCC(C(=O)O)CC2)cc1. The summed E-state index contributed by atoms with van der Waals surface area (Å²) in [5.41, 5.74) is 0.545. The average molecular weight is 335 g/mol. The Hall–Kier alpha value is -2.61. The minimum Gasteiger partial charge on any atom is -0.497 e. The maximum absolute atomic E-state index is 11.9. The first-order valence-corrected chi connectivity index (χ1v) is 7.68. The van der Waals surface area contributed by atoms with Gasteiger partial charge in [-0.15, -0.1) is 0 Å². The summed E-state index contributed by atoms with van der Waals surface area (Å²) in [6.07, 6.45) is 1.03. The van der Waals surface area contributed by atoms with Gasteiger partial charge in [0.1, 0.15) is 5.75 Å². The van der Waals surface area contributed by atoms with Crippen LogP contribution in [0.2, 0.25) is 0 Å². The van der Waals surface area contributed by atoms with Gasteiger partial charge in [-0.2, -0.15) is 0 Å². The molecule has 130 valence electrons. The van der Waals surface area contributed by atoms with Crippen molar-refractivity contribution in [2.24, 2.45) is 5.92 Å². The first kappa shape index (κ1) is 17.7. The van der Waals surface area contributed by atoms with Crippen LogP contribution in [-0.4, -0.2) is 54.7 Å². The molecule has 8 nitrogen and oxygen atoms in total. The van der Waals surface area contributed by atoms with Crippen molar-refractivity contribution in [3.63, 3.8) is 0 Å². The summed E-state index contributed by atoms with van der Waals surface area (Å²) < 4.78 is 5.02. The molecule has 3 N–H and O–H groups in total. The molecular formula is C16H21N3O5. The van der Waals surface area contributed by atoms with Crippen molar-refractivity contribution >= 4 is 23.6 Å². The van der Waals surface area contributed by atoms with Gasteiger partial charge in [0.25, 0.3) is 0 Å². The molecule has 0 unspecified atom stereocenters. The van der Waals surface area contributed by atoms with Gasteiger partial charge in [0.15, 0.2) is 0 Å². The molecule has 1 aliphatic rings. The fraction of sp³-hybridized carbons (Fsp3) is 0.438. The van der Waals surface area contributed by atoms with E-state index >= 15 is 0 Å². The van der Waals surface area contributed by atoms with Crippen LogP contribution in [0.15, 0.2) is 24.3 Å². The molecule has 1 fully saturated rings. The number of hydrogen-bond donors (Lipinski definition) is 3. The van der Waals surface area contributed by atoms with E-state index in [4.69, 9.17) is 9.84 Å². The molecule has 1 saturated heterocycles. The zero-order chi connectivity index (χ0) is 17.5. The van der Waals surface area contributed by atoms with Gasteiger partial charge in [-0.25, -0.2) is 4.79 Å². The second-order valence-corrected chi connectivity index (χ2v) is 5.62. The van der Waals surface area contributed by atoms with Crippen LogP contribution >= 0.6 is 0 Å². The van der Waals surface area contributed by atoms with E-state index in [2.05, 4.69) is 10.6 Å². The van der Waals surface area contributed by atoms with Gasteiger partial charge in [0.05, 0.1) is 19.6 Å². The molecule has 0 aromatic heterocycles. The van der Waals surface area contributed by atoms with E-state index in [0.29, 0.717) is 37.4 Å². The van der Waals surface area contributed by atoms with Crippen molar-refractivity contribution in [3.05, 3.63) is 24.3 Å². The number of rotatable bonds is 5. The molecule has 2 rings (SSSR count). The summed E-state index contributed by atoms with van der Waals surface area (Å²) in [6.45, 7) is 1.14. The second kappa shape index (κ2) is 8.30. The summed E-state index contributed by atoms with van der Waals surface area (Å²) in [5.74, 6) is -0.891. The van der Waals surface area contributed by atoms with Gasteiger partial charge in [-0.05, 0) is 50.2 Å². The molecule has 1 aliphatic heterocycles. The highest BCUT2D eigenvalue weighted by molar-refractivity contribution is 6.01. The molecule has 8 heteroatoms. The smallest absolute Gasteiger partial charge is 0.325 e. The number of carbonyl (C=O) groups is 3. The summed E-state index contributed by atoms with van der Waals surface area (Å²) in [7, 11) is 1.55. The summed E-state index contributed by atoms with van der Waals surface area (Å²) in [4.78, 5) is 36.4. The number of imide groups is 1. The lowest BCUT2D eigenvalue weighted by Crippen LogP contribution is -2.45. The number of methoxy groups -OCH3 is 1. The highest BCUT2D eigenvalue weighted by Gasteiger charge is 2.25. The molecule has 24 heavy (non-hydrogen) atoms. The summed E-state index contributed by atoms with van der Waals surface area (Å²) >= 11 is 0. The van der Waals surface area contributed by atoms with Crippen molar-refractivity contribution in [3.8, 4) is 5.75 Å². The highest BCUT2D eigenvalue weighted by Crippen LogP contribution is 2.17. The number of aliphatic carboxylic acids is 1. The monoisotopic (exact) mass is 335 g/mol. The number of nitrogens with zero attached hydrogens (tertiary/aromatic N) is 1. The standard InChI is InChI=1S/C16H21N3O5/c1-24-13-4-2-12(3-5-13)17-16(23)18-14(20)10-19-8-6-11(7-9-19)15(21)22/h2-5,11H,6-10H2,1H3,(H,21,22)(H2,17,18,20,23). The number of hydrogen-bond acceptors (Lipinski definition) is 5. The topological polar surface area (TPSA) is 108 Å². The Balaban J connectivity index is 1.73. The minimum absolute atomic E-state index is 0.0718. The number of carboxylic acids is 1. The number of carbonyl (C=O) groups excluding carboxylic acids is 2. The molecule has 3 amide bonds. The quantitative estimate of drug-likeness (QED) is 0.745. The molecule has 1 heterocycles. The average Bonchev–Trinajstić information content (AvgIpc) is 2.55. The maximum Gasteiger partial charge on any atom is 0.325 e. The van der Waals surface area contributed by atoms with Crippen LogP contribution < -0.4 is 15.4 Å². The van der Waals surface area contributed by atoms with E-state index in [0.717, 1.165) is 0 Å². The fourth-order valence-electron chi connectivity index (χ4n) is 2.54. The second-order valence-electron chi connectivity index (χ2n) is 5.62. The molecule has 1 aromatic carbocycles. The van der Waals surface area contributed by atoms with Gasteiger partial charge in [-0.3, -0.25) is 19.8 Å². The molecule has 0 saturated carbocycles. The number of amides is 3. The Morgan fingerprint density at radius 3 is 2.38 bits per heavy atom. The Labute approximate surface area is 139 Å². The van der Waals surface area contributed by atoms with E-state index in [1.54, 1.807) is 31.4 Å². The summed E-state index contributed by atoms with van der Waals surface area (Å²) in [6, 6.07) is 6.12. The number of carboxylic acid groups (broad SMARTS) is 1. The Bertz CT molecular complexity index is 594. The van der Waals surface area contributed by atoms with Crippen LogP contribution in [0.3, 0.4) is 0 Å². The van der Waals surface area contributed by atoms with Gasteiger partial charge in [-0.1, -0.05) is 0 Å². The normalized spacial score (nSPS) is 15.5. The van der Waals surface area contributed by atoms with E-state index < -0.39 is 17.9 Å². The third-order valence-corrected chi connectivity index (χ3v) is 3.90. The minimum atomic E-state index is -0.794. The molecule has 0 spiro atoms. The fourth-order valence-corrected chi connectivity index (χ4v) is 2.54. The zero-order valence-corrected chi connectivity index (χ0v) is 13.4. The van der Waals surface area contributed by atoms with Crippen LogP contribution in [0.1, 0.15) is 12.8 Å². The van der Waals surface area contributed by atoms with E-state index in [1.807, 2.05) is 4.90 Å². The lowest BCUT2D eigenvalue weighted by atomic mass is 9.97. The van der Waals surface area contributed by atoms with Crippen LogP contribution in [0.5, 0.6) is 5.75 Å². The van der Waals surface area contributed by atoms with Crippen molar-refractivity contribution in [2.45, 2.75) is 12.8 Å². The number of anilines is 1. The number of ether oxygens (including phenoxy) is 1. The lowest BCUT2D eigenvalue weighted by molar-refractivity contribution is -0.143. The van der Waals surface area contributed by atoms with E-state index in [-0.39, 0.29) is 12.5 Å². The van der Waals surface area contributed by atoms with Gasteiger partial charge in [0, 0.05) is 5.69 Å². The first-order chi connectivity index (χ1) is 11.5. The number of urea groups is 1. The molecule has 0 bridgehead atoms. The van der Waals surface area contributed by atoms with Crippen LogP contribution in [-0.2, 0) is 9.59 Å². The van der Waals surface area contributed by atoms with Crippen LogP contribution in [0.4, 0.5) is 10.5 Å². The van der Waals surface area contributed by atoms with Crippen molar-refractivity contribution in [1.29, 1.82) is 0 Å². The van der Waals surface area contributed by atoms with E-state index in [1.165, 1.54) is 0 Å². The predicted octanol–water partition coefficient (Wildman–Crippen LogP) is 1.14. The molecule has 0 aliphatic carbocycles. The lowest BCUT2D eigenvalue weighted by Gasteiger charge is -2.29. The number of benzene rings is 1. The Morgan fingerprint density at radius 1 is 1.21 bits per heavy atom. The highest BCUT2D eigenvalue weighted by atomic mass is 16.5. The molecular weight excluding hydrogens is 314 g/mol. The van der Waals surface area contributed by atoms with Crippen molar-refractivity contribution in [1.82, 2.24) is 10.2 Å². The summed E-state index contributed by atoms with van der Waals surface area (Å²) in [5, 5.41) is 13.8. The van der Waals surface area contributed by atoms with Gasteiger partial charge >= 0.3 is 12.0 Å². The van der Waals surface area contributed by atoms with Crippen molar-refractivity contribution in [2.75, 3.05) is 32.1 Å². The third kappa shape index (κ3) is 5.24. The predicted molar refractivity (Wildman–Crippen MR) is 87.0 cm³/mol. The Kier molecular flexibility index (Phi) is 6.14. The van der Waals surface area contributed by atoms with Crippen molar-refractivity contribution < 1.29 is 24.2 Å². The van der Waals surface area contributed by atoms with Crippen LogP contribution in [0.25, 0.3) is 0 Å². The number of likely N-dealkylation sites (tertiary alicyclic amines) is 1. The number of nitrogens with one attached hydrogen (secondary N) is 2. The van der Waals surface area contributed by atoms with Gasteiger partial charge in [0.2, 0.25) is 5.91 Å². The third-order valence-electron chi connectivity index (χ3n) is 3.90. The first-order valence-electron chi connectivity index (χ1n) is 7.68. The van der Waals surface area contributed by atoms with Crippen LogP contribution in [0, 0.1) is 5.92 Å². The zero-order valence-electron chi connectivity index (χ0n) is 13.4. The molecule has 1 aromatic rings.